The summed E-state index contributed by atoms with van der Waals surface area (Å²) in [5.41, 5.74) is 0.765. The van der Waals surface area contributed by atoms with Gasteiger partial charge in [0.15, 0.2) is 5.78 Å². The SMILES string of the molecule is CN(CC(=O)c1ccccc1Br)CC1CCOCC1. The molecule has 0 unspecified atom stereocenters. The van der Waals surface area contributed by atoms with Crippen molar-refractivity contribution in [3.05, 3.63) is 34.3 Å². The molecular formula is C15H20BrNO2. The van der Waals surface area contributed by atoms with Crippen molar-refractivity contribution in [1.29, 1.82) is 0 Å². The molecule has 19 heavy (non-hydrogen) atoms. The molecule has 4 heteroatoms. The lowest BCUT2D eigenvalue weighted by molar-refractivity contribution is 0.0549. The van der Waals surface area contributed by atoms with E-state index in [4.69, 9.17) is 4.74 Å². The van der Waals surface area contributed by atoms with Gasteiger partial charge in [0.05, 0.1) is 6.54 Å². The van der Waals surface area contributed by atoms with Crippen LogP contribution in [0.4, 0.5) is 0 Å². The number of ether oxygens (including phenoxy) is 1. The van der Waals surface area contributed by atoms with Crippen LogP contribution < -0.4 is 0 Å². The molecule has 0 atom stereocenters. The number of likely N-dealkylation sites (N-methyl/N-ethyl adjacent to an activating group) is 1. The Bertz CT molecular complexity index is 430. The fourth-order valence-electron chi connectivity index (χ4n) is 2.45. The average Bonchev–Trinajstić information content (AvgIpc) is 2.40. The van der Waals surface area contributed by atoms with E-state index in [1.807, 2.05) is 31.3 Å². The van der Waals surface area contributed by atoms with E-state index in [1.165, 1.54) is 0 Å². The van der Waals surface area contributed by atoms with Crippen molar-refractivity contribution in [2.75, 3.05) is 33.4 Å². The van der Waals surface area contributed by atoms with Gasteiger partial charge in [-0.15, -0.1) is 0 Å². The van der Waals surface area contributed by atoms with Crippen LogP contribution in [0.15, 0.2) is 28.7 Å². The molecule has 0 saturated carbocycles. The van der Waals surface area contributed by atoms with Crippen LogP contribution in [-0.4, -0.2) is 44.0 Å². The standard InChI is InChI=1S/C15H20BrNO2/c1-17(10-12-6-8-19-9-7-12)11-15(18)13-4-2-3-5-14(13)16/h2-5,12H,6-11H2,1H3. The van der Waals surface area contributed by atoms with Crippen molar-refractivity contribution in [2.24, 2.45) is 5.92 Å². The predicted molar refractivity (Wildman–Crippen MR) is 79.5 cm³/mol. The second kappa shape index (κ2) is 7.17. The summed E-state index contributed by atoms with van der Waals surface area (Å²) in [6, 6.07) is 7.60. The number of carbonyl (C=O) groups excluding carboxylic acids is 1. The summed E-state index contributed by atoms with van der Waals surface area (Å²) in [4.78, 5) is 14.3. The molecule has 0 aromatic heterocycles. The largest absolute Gasteiger partial charge is 0.381 e. The van der Waals surface area contributed by atoms with E-state index in [9.17, 15) is 4.79 Å². The maximum atomic E-state index is 12.2. The smallest absolute Gasteiger partial charge is 0.177 e. The molecule has 1 aliphatic rings. The molecule has 3 nitrogen and oxygen atoms in total. The van der Waals surface area contributed by atoms with Crippen molar-refractivity contribution < 1.29 is 9.53 Å². The van der Waals surface area contributed by atoms with Gasteiger partial charge in [0.1, 0.15) is 0 Å². The van der Waals surface area contributed by atoms with Crippen LogP contribution in [0.2, 0.25) is 0 Å². The van der Waals surface area contributed by atoms with Crippen LogP contribution in [0.1, 0.15) is 23.2 Å². The monoisotopic (exact) mass is 325 g/mol. The van der Waals surface area contributed by atoms with Gasteiger partial charge < -0.3 is 4.74 Å². The zero-order chi connectivity index (χ0) is 13.7. The minimum absolute atomic E-state index is 0.169. The number of rotatable bonds is 5. The van der Waals surface area contributed by atoms with Gasteiger partial charge in [0.2, 0.25) is 0 Å². The number of hydrogen-bond acceptors (Lipinski definition) is 3. The van der Waals surface area contributed by atoms with Crippen molar-refractivity contribution >= 4 is 21.7 Å². The summed E-state index contributed by atoms with van der Waals surface area (Å²) >= 11 is 3.43. The third kappa shape index (κ3) is 4.41. The molecule has 0 N–H and O–H groups in total. The summed E-state index contributed by atoms with van der Waals surface area (Å²) in [7, 11) is 2.02. The fourth-order valence-corrected chi connectivity index (χ4v) is 2.96. The second-order valence-corrected chi connectivity index (χ2v) is 6.01. The Morgan fingerprint density at radius 3 is 2.74 bits per heavy atom. The van der Waals surface area contributed by atoms with Gasteiger partial charge in [0.25, 0.3) is 0 Å². The van der Waals surface area contributed by atoms with Crippen LogP contribution in [0, 0.1) is 5.92 Å². The highest BCUT2D eigenvalue weighted by molar-refractivity contribution is 9.10. The van der Waals surface area contributed by atoms with E-state index in [0.717, 1.165) is 42.6 Å². The molecule has 1 aromatic carbocycles. The van der Waals surface area contributed by atoms with E-state index in [1.54, 1.807) is 0 Å². The zero-order valence-corrected chi connectivity index (χ0v) is 12.9. The molecule has 1 aliphatic heterocycles. The van der Waals surface area contributed by atoms with E-state index < -0.39 is 0 Å². The number of halogens is 1. The summed E-state index contributed by atoms with van der Waals surface area (Å²) in [5, 5.41) is 0. The molecule has 1 saturated heterocycles. The molecule has 2 rings (SSSR count). The predicted octanol–water partition coefficient (Wildman–Crippen LogP) is 2.99. The molecule has 0 amide bonds. The Kier molecular flexibility index (Phi) is 5.55. The Labute approximate surface area is 123 Å². The summed E-state index contributed by atoms with van der Waals surface area (Å²) in [6.07, 6.45) is 2.21. The second-order valence-electron chi connectivity index (χ2n) is 5.16. The van der Waals surface area contributed by atoms with Crippen LogP contribution in [0.25, 0.3) is 0 Å². The number of benzene rings is 1. The van der Waals surface area contributed by atoms with E-state index >= 15 is 0 Å². The Balaban J connectivity index is 1.86. The Morgan fingerprint density at radius 1 is 1.37 bits per heavy atom. The first kappa shape index (κ1) is 14.7. The zero-order valence-electron chi connectivity index (χ0n) is 11.3. The van der Waals surface area contributed by atoms with Crippen LogP contribution in [0.3, 0.4) is 0 Å². The van der Waals surface area contributed by atoms with Gasteiger partial charge in [0, 0.05) is 29.8 Å². The van der Waals surface area contributed by atoms with Gasteiger partial charge in [-0.2, -0.15) is 0 Å². The summed E-state index contributed by atoms with van der Waals surface area (Å²) < 4.78 is 6.23. The highest BCUT2D eigenvalue weighted by atomic mass is 79.9. The number of nitrogens with zero attached hydrogens (tertiary/aromatic N) is 1. The summed E-state index contributed by atoms with van der Waals surface area (Å²) in [6.45, 7) is 3.16. The van der Waals surface area contributed by atoms with Crippen molar-refractivity contribution in [3.63, 3.8) is 0 Å². The normalized spacial score (nSPS) is 16.8. The first-order chi connectivity index (χ1) is 9.16. The molecule has 0 bridgehead atoms. The lowest BCUT2D eigenvalue weighted by Gasteiger charge is -2.26. The quantitative estimate of drug-likeness (QED) is 0.779. The Morgan fingerprint density at radius 2 is 2.05 bits per heavy atom. The number of ketones is 1. The molecule has 1 fully saturated rings. The van der Waals surface area contributed by atoms with E-state index in [0.29, 0.717) is 12.5 Å². The van der Waals surface area contributed by atoms with Gasteiger partial charge in [-0.05, 0) is 31.9 Å². The van der Waals surface area contributed by atoms with Gasteiger partial charge in [-0.25, -0.2) is 0 Å². The van der Waals surface area contributed by atoms with Crippen molar-refractivity contribution in [3.8, 4) is 0 Å². The van der Waals surface area contributed by atoms with Crippen molar-refractivity contribution in [2.45, 2.75) is 12.8 Å². The average molecular weight is 326 g/mol. The molecule has 0 spiro atoms. The number of carbonyl (C=O) groups is 1. The highest BCUT2D eigenvalue weighted by Gasteiger charge is 2.18. The van der Waals surface area contributed by atoms with Crippen LogP contribution >= 0.6 is 15.9 Å². The molecule has 104 valence electrons. The molecule has 1 heterocycles. The minimum atomic E-state index is 0.169. The maximum absolute atomic E-state index is 12.2. The topological polar surface area (TPSA) is 29.5 Å². The third-order valence-electron chi connectivity index (χ3n) is 3.50. The van der Waals surface area contributed by atoms with Gasteiger partial charge in [-0.3, -0.25) is 9.69 Å². The lowest BCUT2D eigenvalue weighted by Crippen LogP contribution is -2.33. The molecule has 0 aliphatic carbocycles. The highest BCUT2D eigenvalue weighted by Crippen LogP contribution is 2.18. The molecule has 0 radical (unpaired) electrons. The maximum Gasteiger partial charge on any atom is 0.177 e. The molecule has 1 aromatic rings. The van der Waals surface area contributed by atoms with E-state index in [2.05, 4.69) is 20.8 Å². The van der Waals surface area contributed by atoms with Crippen LogP contribution in [-0.2, 0) is 4.74 Å². The number of hydrogen-bond donors (Lipinski definition) is 0. The first-order valence-electron chi connectivity index (χ1n) is 6.71. The first-order valence-corrected chi connectivity index (χ1v) is 7.50. The summed E-state index contributed by atoms with van der Waals surface area (Å²) in [5.74, 6) is 0.827. The van der Waals surface area contributed by atoms with Gasteiger partial charge in [-0.1, -0.05) is 34.1 Å². The Hall–Kier alpha value is -0.710. The third-order valence-corrected chi connectivity index (χ3v) is 4.19. The number of Topliss-reactive ketones (excluding diaryl/α,β-unsaturated/α-hetero) is 1. The minimum Gasteiger partial charge on any atom is -0.381 e. The fraction of sp³-hybridized carbons (Fsp3) is 0.533. The molecular weight excluding hydrogens is 306 g/mol. The van der Waals surface area contributed by atoms with Gasteiger partial charge >= 0.3 is 0 Å². The van der Waals surface area contributed by atoms with E-state index in [-0.39, 0.29) is 5.78 Å². The van der Waals surface area contributed by atoms with Crippen molar-refractivity contribution in [1.82, 2.24) is 4.90 Å². The van der Waals surface area contributed by atoms with Crippen LogP contribution in [0.5, 0.6) is 0 Å². The lowest BCUT2D eigenvalue weighted by atomic mass is 9.99.